The van der Waals surface area contributed by atoms with Crippen molar-refractivity contribution >= 4 is 10.9 Å². The second kappa shape index (κ2) is 6.97. The van der Waals surface area contributed by atoms with Gasteiger partial charge in [-0.1, -0.05) is 54.6 Å². The average molecular weight is 408 g/mol. The summed E-state index contributed by atoms with van der Waals surface area (Å²) in [6, 6.07) is 23.8. The summed E-state index contributed by atoms with van der Waals surface area (Å²) in [6.45, 7) is 1.60. The largest absolute Gasteiger partial charge is 0.321 e. The SMILES string of the molecule is CC1(F)CC(N)(c2ccc(-c3nc4ccnc(C#N)c4cc3-c3ccccc3)cc2)C1. The molecule has 0 amide bonds. The normalized spacial score (nSPS) is 22.6. The van der Waals surface area contributed by atoms with Crippen molar-refractivity contribution in [2.24, 2.45) is 5.73 Å². The van der Waals surface area contributed by atoms with Gasteiger partial charge in [0.2, 0.25) is 0 Å². The molecule has 2 N–H and O–H groups in total. The molecule has 2 heterocycles. The Balaban J connectivity index is 1.65. The van der Waals surface area contributed by atoms with Gasteiger partial charge in [0.25, 0.3) is 0 Å². The van der Waals surface area contributed by atoms with E-state index in [1.54, 1.807) is 13.1 Å². The lowest BCUT2D eigenvalue weighted by atomic mass is 9.64. The van der Waals surface area contributed by atoms with Crippen LogP contribution in [0, 0.1) is 11.3 Å². The van der Waals surface area contributed by atoms with E-state index in [9.17, 15) is 9.65 Å². The minimum atomic E-state index is -1.19. The van der Waals surface area contributed by atoms with Crippen LogP contribution >= 0.6 is 0 Å². The molecule has 2 aromatic heterocycles. The van der Waals surface area contributed by atoms with Crippen molar-refractivity contribution in [3.05, 3.63) is 84.2 Å². The highest BCUT2D eigenvalue weighted by Crippen LogP contribution is 2.48. The molecule has 0 spiro atoms. The molecule has 0 aliphatic heterocycles. The lowest BCUT2D eigenvalue weighted by molar-refractivity contribution is 0.00133. The number of fused-ring (bicyclic) bond motifs is 1. The number of nitrogens with two attached hydrogens (primary N) is 1. The van der Waals surface area contributed by atoms with Crippen molar-refractivity contribution in [3.63, 3.8) is 0 Å². The molecular formula is C26H21FN4. The van der Waals surface area contributed by atoms with Gasteiger partial charge in [0, 0.05) is 41.1 Å². The Labute approximate surface area is 180 Å². The Morgan fingerprint density at radius 1 is 1.00 bits per heavy atom. The summed E-state index contributed by atoms with van der Waals surface area (Å²) in [5.74, 6) is 0. The standard InChI is InChI=1S/C26H21FN4/c1-25(27)15-26(29,16-25)19-9-7-18(8-10-19)24-20(17-5-3-2-4-6-17)13-21-22(31-24)11-12-30-23(21)14-28/h2-13H,15-16,29H2,1H3. The zero-order valence-corrected chi connectivity index (χ0v) is 17.1. The highest BCUT2D eigenvalue weighted by molar-refractivity contribution is 5.93. The summed E-state index contributed by atoms with van der Waals surface area (Å²) >= 11 is 0. The van der Waals surface area contributed by atoms with Crippen LogP contribution in [0.4, 0.5) is 4.39 Å². The van der Waals surface area contributed by atoms with Gasteiger partial charge in [0.1, 0.15) is 17.4 Å². The second-order valence-electron chi connectivity index (χ2n) is 8.59. The number of halogens is 1. The third-order valence-electron chi connectivity index (χ3n) is 6.04. The summed E-state index contributed by atoms with van der Waals surface area (Å²) in [5, 5.41) is 10.2. The van der Waals surface area contributed by atoms with Crippen LogP contribution in [0.1, 0.15) is 31.0 Å². The number of rotatable bonds is 3. The van der Waals surface area contributed by atoms with Crippen molar-refractivity contribution in [2.75, 3.05) is 0 Å². The molecule has 4 aromatic rings. The smallest absolute Gasteiger partial charge is 0.149 e. The van der Waals surface area contributed by atoms with E-state index < -0.39 is 11.2 Å². The van der Waals surface area contributed by atoms with E-state index in [1.807, 2.05) is 66.7 Å². The first-order valence-electron chi connectivity index (χ1n) is 10.2. The van der Waals surface area contributed by atoms with Crippen molar-refractivity contribution < 1.29 is 4.39 Å². The van der Waals surface area contributed by atoms with Gasteiger partial charge in [-0.05, 0) is 30.2 Å². The summed E-state index contributed by atoms with van der Waals surface area (Å²) in [5.41, 5.74) is 10.3. The van der Waals surface area contributed by atoms with Crippen LogP contribution in [-0.4, -0.2) is 15.6 Å². The molecule has 1 fully saturated rings. The van der Waals surface area contributed by atoms with Crippen LogP contribution in [-0.2, 0) is 5.54 Å². The molecule has 4 nitrogen and oxygen atoms in total. The van der Waals surface area contributed by atoms with Gasteiger partial charge in [0.15, 0.2) is 0 Å². The van der Waals surface area contributed by atoms with Gasteiger partial charge in [0.05, 0.1) is 11.2 Å². The molecule has 0 unspecified atom stereocenters. The molecule has 5 rings (SSSR count). The highest BCUT2D eigenvalue weighted by atomic mass is 19.1. The Bertz CT molecular complexity index is 1310. The maximum absolute atomic E-state index is 14.1. The molecule has 2 aromatic carbocycles. The van der Waals surface area contributed by atoms with Gasteiger partial charge >= 0.3 is 0 Å². The first-order valence-corrected chi connectivity index (χ1v) is 10.2. The molecule has 1 aliphatic rings. The molecule has 1 aliphatic carbocycles. The lowest BCUT2D eigenvalue weighted by Gasteiger charge is -2.48. The van der Waals surface area contributed by atoms with E-state index in [1.165, 1.54) is 0 Å². The topological polar surface area (TPSA) is 75.6 Å². The molecular weight excluding hydrogens is 387 g/mol. The quantitative estimate of drug-likeness (QED) is 0.485. The summed E-state index contributed by atoms with van der Waals surface area (Å²) < 4.78 is 14.1. The Hall–Kier alpha value is -3.62. The van der Waals surface area contributed by atoms with Crippen molar-refractivity contribution in [3.8, 4) is 28.5 Å². The number of nitrogens with zero attached hydrogens (tertiary/aromatic N) is 3. The van der Waals surface area contributed by atoms with E-state index in [2.05, 4.69) is 11.1 Å². The van der Waals surface area contributed by atoms with Crippen LogP contribution in [0.2, 0.25) is 0 Å². The number of aromatic nitrogens is 2. The van der Waals surface area contributed by atoms with E-state index in [0.717, 1.165) is 33.3 Å². The molecule has 0 radical (unpaired) electrons. The second-order valence-corrected chi connectivity index (χ2v) is 8.59. The molecule has 0 saturated heterocycles. The van der Waals surface area contributed by atoms with Gasteiger partial charge in [-0.15, -0.1) is 0 Å². The Morgan fingerprint density at radius 2 is 1.71 bits per heavy atom. The minimum Gasteiger partial charge on any atom is -0.321 e. The van der Waals surface area contributed by atoms with Crippen LogP contribution in [0.5, 0.6) is 0 Å². The van der Waals surface area contributed by atoms with Gasteiger partial charge in [-0.3, -0.25) is 0 Å². The fraction of sp³-hybridized carbons (Fsp3) is 0.192. The van der Waals surface area contributed by atoms with Crippen molar-refractivity contribution in [2.45, 2.75) is 31.0 Å². The minimum absolute atomic E-state index is 0.326. The number of pyridine rings is 2. The van der Waals surface area contributed by atoms with Crippen molar-refractivity contribution in [1.82, 2.24) is 9.97 Å². The van der Waals surface area contributed by atoms with Gasteiger partial charge in [-0.2, -0.15) is 5.26 Å². The number of benzene rings is 2. The third-order valence-corrected chi connectivity index (χ3v) is 6.04. The molecule has 1 saturated carbocycles. The lowest BCUT2D eigenvalue weighted by Crippen LogP contribution is -2.56. The monoisotopic (exact) mass is 408 g/mol. The summed E-state index contributed by atoms with van der Waals surface area (Å²) in [4.78, 5) is 9.08. The highest BCUT2D eigenvalue weighted by Gasteiger charge is 2.51. The van der Waals surface area contributed by atoms with Crippen LogP contribution < -0.4 is 5.73 Å². The van der Waals surface area contributed by atoms with Crippen molar-refractivity contribution in [1.29, 1.82) is 5.26 Å². The number of hydrogen-bond donors (Lipinski definition) is 1. The van der Waals surface area contributed by atoms with Crippen LogP contribution in [0.3, 0.4) is 0 Å². The van der Waals surface area contributed by atoms with Gasteiger partial charge in [-0.25, -0.2) is 14.4 Å². The third kappa shape index (κ3) is 3.35. The number of alkyl halides is 1. The first kappa shape index (κ1) is 19.3. The average Bonchev–Trinajstić information content (AvgIpc) is 2.77. The van der Waals surface area contributed by atoms with Gasteiger partial charge < -0.3 is 5.73 Å². The maximum Gasteiger partial charge on any atom is 0.149 e. The van der Waals surface area contributed by atoms with E-state index in [0.29, 0.717) is 24.1 Å². The predicted molar refractivity (Wildman–Crippen MR) is 120 cm³/mol. The molecule has 0 bridgehead atoms. The summed E-state index contributed by atoms with van der Waals surface area (Å²) in [7, 11) is 0. The first-order chi connectivity index (χ1) is 14.9. The Kier molecular flexibility index (Phi) is 4.35. The fourth-order valence-corrected chi connectivity index (χ4v) is 4.67. The molecule has 31 heavy (non-hydrogen) atoms. The number of hydrogen-bond acceptors (Lipinski definition) is 4. The zero-order valence-electron chi connectivity index (χ0n) is 17.1. The van der Waals surface area contributed by atoms with E-state index >= 15 is 0 Å². The predicted octanol–water partition coefficient (Wildman–Crippen LogP) is 5.51. The zero-order chi connectivity index (χ0) is 21.6. The Morgan fingerprint density at radius 3 is 2.35 bits per heavy atom. The maximum atomic E-state index is 14.1. The van der Waals surface area contributed by atoms with E-state index in [-0.39, 0.29) is 0 Å². The van der Waals surface area contributed by atoms with E-state index in [4.69, 9.17) is 10.7 Å². The van der Waals surface area contributed by atoms with Crippen LogP contribution in [0.25, 0.3) is 33.3 Å². The van der Waals surface area contributed by atoms with Crippen LogP contribution in [0.15, 0.2) is 72.9 Å². The fourth-order valence-electron chi connectivity index (χ4n) is 4.67. The summed E-state index contributed by atoms with van der Waals surface area (Å²) in [6.07, 6.45) is 2.26. The molecule has 5 heteroatoms. The molecule has 152 valence electrons. The molecule has 0 atom stereocenters. The number of nitriles is 1.